The zero-order valence-corrected chi connectivity index (χ0v) is 22.5. The van der Waals surface area contributed by atoms with Crippen molar-refractivity contribution in [2.24, 2.45) is 4.99 Å². The molecule has 0 bridgehead atoms. The van der Waals surface area contributed by atoms with Crippen LogP contribution in [0.2, 0.25) is 0 Å². The van der Waals surface area contributed by atoms with E-state index in [1.54, 1.807) is 20.8 Å². The van der Waals surface area contributed by atoms with Crippen LogP contribution in [0.3, 0.4) is 0 Å². The summed E-state index contributed by atoms with van der Waals surface area (Å²) in [5.41, 5.74) is 0.850. The second-order valence-corrected chi connectivity index (χ2v) is 9.53. The number of amides is 1. The summed E-state index contributed by atoms with van der Waals surface area (Å²) < 4.78 is 20.0. The summed E-state index contributed by atoms with van der Waals surface area (Å²) in [6.45, 7) is 5.73. The van der Waals surface area contributed by atoms with Gasteiger partial charge in [0.15, 0.2) is 5.17 Å². The summed E-state index contributed by atoms with van der Waals surface area (Å²) in [7, 11) is 1.16. The second kappa shape index (κ2) is 12.7. The van der Waals surface area contributed by atoms with Crippen LogP contribution in [0, 0.1) is 0 Å². The summed E-state index contributed by atoms with van der Waals surface area (Å²) in [6, 6.07) is 0. The van der Waals surface area contributed by atoms with Gasteiger partial charge in [0.05, 0.1) is 39.6 Å². The molecule has 1 amide bonds. The van der Waals surface area contributed by atoms with Crippen molar-refractivity contribution in [1.29, 1.82) is 0 Å². The summed E-state index contributed by atoms with van der Waals surface area (Å²) in [4.78, 5) is 70.1. The van der Waals surface area contributed by atoms with Crippen LogP contribution in [0.25, 0.3) is 0 Å². The molecule has 37 heavy (non-hydrogen) atoms. The first-order valence-corrected chi connectivity index (χ1v) is 13.1. The zero-order valence-electron chi connectivity index (χ0n) is 20.9. The average Bonchev–Trinajstić information content (AvgIpc) is 3.36. The van der Waals surface area contributed by atoms with Gasteiger partial charge in [0.25, 0.3) is 0 Å². The Kier molecular flexibility index (Phi) is 9.69. The summed E-state index contributed by atoms with van der Waals surface area (Å²) in [5.74, 6) is -2.00. The number of hydrogen-bond donors (Lipinski definition) is 0. The van der Waals surface area contributed by atoms with E-state index in [9.17, 15) is 24.0 Å². The minimum Gasteiger partial charge on any atom is -0.466 e. The lowest BCUT2D eigenvalue weighted by molar-refractivity contribution is -0.143. The van der Waals surface area contributed by atoms with Gasteiger partial charge in [-0.3, -0.25) is 9.59 Å². The topological polar surface area (TPSA) is 141 Å². The molecule has 200 valence electrons. The van der Waals surface area contributed by atoms with Crippen LogP contribution in [0.15, 0.2) is 16.8 Å². The molecular weight excluding hydrogens is 526 g/mol. The maximum atomic E-state index is 12.9. The number of amidine groups is 1. The summed E-state index contributed by atoms with van der Waals surface area (Å²) in [5, 5.41) is -0.182. The molecule has 0 aromatic carbocycles. The zero-order chi connectivity index (χ0) is 27.1. The minimum absolute atomic E-state index is 0.0830. The van der Waals surface area contributed by atoms with Crippen LogP contribution < -0.4 is 0 Å². The third-order valence-electron chi connectivity index (χ3n) is 5.20. The molecule has 12 nitrogen and oxygen atoms in total. The second-order valence-electron chi connectivity index (χ2n) is 7.50. The highest BCUT2D eigenvalue weighted by atomic mass is 32.2. The van der Waals surface area contributed by atoms with Gasteiger partial charge in [-0.15, -0.1) is 11.3 Å². The maximum absolute atomic E-state index is 12.9. The number of thiophene rings is 1. The first kappa shape index (κ1) is 28.2. The van der Waals surface area contributed by atoms with E-state index in [2.05, 4.69) is 9.73 Å². The fraction of sp³-hybridized carbons (Fsp3) is 0.478. The molecule has 3 heterocycles. The number of methoxy groups -OCH3 is 1. The molecule has 0 radical (unpaired) electrons. The molecule has 14 heteroatoms. The predicted molar refractivity (Wildman–Crippen MR) is 135 cm³/mol. The van der Waals surface area contributed by atoms with Gasteiger partial charge in [-0.1, -0.05) is 0 Å². The fourth-order valence-electron chi connectivity index (χ4n) is 3.62. The van der Waals surface area contributed by atoms with Crippen LogP contribution in [-0.2, 0) is 46.3 Å². The van der Waals surface area contributed by atoms with E-state index in [0.717, 1.165) is 18.1 Å². The Balaban J connectivity index is 2.07. The van der Waals surface area contributed by atoms with Crippen molar-refractivity contribution < 1.29 is 42.9 Å². The van der Waals surface area contributed by atoms with Gasteiger partial charge in [-0.05, 0) is 44.5 Å². The average molecular weight is 554 g/mol. The monoisotopic (exact) mass is 553 g/mol. The van der Waals surface area contributed by atoms with Crippen molar-refractivity contribution in [2.45, 2.75) is 33.7 Å². The highest BCUT2D eigenvalue weighted by molar-refractivity contribution is 8.27. The largest absolute Gasteiger partial charge is 0.466 e. The number of thioether (sulfide) groups is 1. The third-order valence-corrected chi connectivity index (χ3v) is 7.20. The molecule has 2 aliphatic rings. The van der Waals surface area contributed by atoms with Crippen LogP contribution in [0.4, 0.5) is 9.80 Å². The van der Waals surface area contributed by atoms with E-state index in [4.69, 9.17) is 14.2 Å². The highest BCUT2D eigenvalue weighted by Gasteiger charge is 2.37. The SMILES string of the molecule is CCOC(=O)CN1/C(=N/c2sc3c(c2C(=O)OCC)CCN(C(=O)OCC)C3)SC(=O)/C1=C\C(=O)OC. The van der Waals surface area contributed by atoms with Crippen LogP contribution in [-0.4, -0.2) is 84.1 Å². The molecule has 0 spiro atoms. The van der Waals surface area contributed by atoms with Gasteiger partial charge in [-0.2, -0.15) is 0 Å². The predicted octanol–water partition coefficient (Wildman–Crippen LogP) is 2.62. The molecule has 0 unspecified atom stereocenters. The summed E-state index contributed by atoms with van der Waals surface area (Å²) >= 11 is 1.88. The van der Waals surface area contributed by atoms with E-state index in [0.29, 0.717) is 30.3 Å². The molecule has 1 saturated heterocycles. The molecule has 1 aromatic rings. The lowest BCUT2D eigenvalue weighted by Crippen LogP contribution is -2.36. The molecule has 1 fully saturated rings. The molecular formula is C23H27N3O9S2. The number of carbonyl (C=O) groups excluding carboxylic acids is 5. The molecule has 2 aliphatic heterocycles. The number of esters is 3. The van der Waals surface area contributed by atoms with Gasteiger partial charge in [0.2, 0.25) is 5.12 Å². The van der Waals surface area contributed by atoms with Crippen molar-refractivity contribution in [1.82, 2.24) is 9.80 Å². The fourth-order valence-corrected chi connectivity index (χ4v) is 5.75. The van der Waals surface area contributed by atoms with Crippen LogP contribution >= 0.6 is 23.1 Å². The Hall–Kier alpha value is -3.39. The normalized spacial score (nSPS) is 17.1. The van der Waals surface area contributed by atoms with Gasteiger partial charge in [0.1, 0.15) is 22.8 Å². The van der Waals surface area contributed by atoms with Gasteiger partial charge >= 0.3 is 24.0 Å². The molecule has 1 aromatic heterocycles. The van der Waals surface area contributed by atoms with Crippen LogP contribution in [0.1, 0.15) is 41.6 Å². The molecule has 0 aliphatic carbocycles. The molecule has 0 N–H and O–H groups in total. The standard InChI is InChI=1S/C23H27N3O9S2/c1-5-33-17(28)12-26-14(10-16(27)32-4)21(30)37-22(26)24-19-18(20(29)34-6-2)13-8-9-25(11-15(13)36-19)23(31)35-7-3/h10H,5-9,11-12H2,1-4H3/b14-10+,24-22-. The Morgan fingerprint density at radius 2 is 1.76 bits per heavy atom. The Morgan fingerprint density at radius 3 is 2.41 bits per heavy atom. The van der Waals surface area contributed by atoms with E-state index in [1.165, 1.54) is 21.1 Å². The van der Waals surface area contributed by atoms with E-state index >= 15 is 0 Å². The lowest BCUT2D eigenvalue weighted by atomic mass is 10.0. The number of ether oxygens (including phenoxy) is 4. The first-order valence-electron chi connectivity index (χ1n) is 11.5. The number of carbonyl (C=O) groups is 5. The number of rotatable bonds is 8. The van der Waals surface area contributed by atoms with Crippen molar-refractivity contribution in [3.05, 3.63) is 27.8 Å². The molecule has 0 atom stereocenters. The van der Waals surface area contributed by atoms with Gasteiger partial charge < -0.3 is 28.7 Å². The third kappa shape index (κ3) is 6.49. The smallest absolute Gasteiger partial charge is 0.410 e. The highest BCUT2D eigenvalue weighted by Crippen LogP contribution is 2.41. The van der Waals surface area contributed by atoms with Crippen molar-refractivity contribution in [3.63, 3.8) is 0 Å². The van der Waals surface area contributed by atoms with Crippen molar-refractivity contribution in [2.75, 3.05) is 40.0 Å². The van der Waals surface area contributed by atoms with Crippen molar-refractivity contribution in [3.8, 4) is 0 Å². The minimum atomic E-state index is -0.781. The van der Waals surface area contributed by atoms with E-state index in [-0.39, 0.29) is 54.3 Å². The van der Waals surface area contributed by atoms with E-state index < -0.39 is 29.1 Å². The number of hydrogen-bond acceptors (Lipinski definition) is 12. The molecule has 3 rings (SSSR count). The number of nitrogens with zero attached hydrogens (tertiary/aromatic N) is 3. The number of fused-ring (bicyclic) bond motifs is 1. The first-order chi connectivity index (χ1) is 17.7. The quantitative estimate of drug-likeness (QED) is 0.266. The van der Waals surface area contributed by atoms with Crippen molar-refractivity contribution >= 4 is 62.4 Å². The van der Waals surface area contributed by atoms with Crippen LogP contribution in [0.5, 0.6) is 0 Å². The Bertz CT molecular complexity index is 1160. The Labute approximate surface area is 221 Å². The van der Waals surface area contributed by atoms with Gasteiger partial charge in [-0.25, -0.2) is 19.4 Å². The summed E-state index contributed by atoms with van der Waals surface area (Å²) in [6.07, 6.45) is 0.901. The van der Waals surface area contributed by atoms with E-state index in [1.807, 2.05) is 0 Å². The van der Waals surface area contributed by atoms with Gasteiger partial charge in [0, 0.05) is 11.4 Å². The molecule has 0 saturated carbocycles. The lowest BCUT2D eigenvalue weighted by Gasteiger charge is -2.26. The maximum Gasteiger partial charge on any atom is 0.410 e. The Morgan fingerprint density at radius 1 is 1.05 bits per heavy atom. The number of aliphatic imine (C=N–C) groups is 1.